The molecule has 6 nitrogen and oxygen atoms in total. The van der Waals surface area contributed by atoms with Crippen LogP contribution in [0.2, 0.25) is 0 Å². The van der Waals surface area contributed by atoms with E-state index in [-0.39, 0.29) is 23.6 Å². The van der Waals surface area contributed by atoms with E-state index < -0.39 is 6.04 Å². The zero-order valence-corrected chi connectivity index (χ0v) is 19.5. The molecule has 3 aromatic carbocycles. The Kier molecular flexibility index (Phi) is 6.80. The number of nitrogens with one attached hydrogen (secondary N) is 1. The van der Waals surface area contributed by atoms with E-state index in [0.717, 1.165) is 42.0 Å². The second-order valence-corrected chi connectivity index (χ2v) is 8.92. The first-order chi connectivity index (χ1) is 17.2. The van der Waals surface area contributed by atoms with Gasteiger partial charge in [0.05, 0.1) is 11.9 Å². The van der Waals surface area contributed by atoms with Crippen molar-refractivity contribution in [2.24, 2.45) is 0 Å². The standard InChI is InChI=1S/C29H28N4O2/c34-28(32-23-14-5-2-6-15-23)27(22-11-3-1-4-12-22)33(29(35)25-20-30-18-19-31-25)26-17-9-13-21-10-7-8-16-24(21)26/h1,3-4,7-13,16-20,23,27H,2,5-6,14-15H2,(H,32,34). The third-order valence-electron chi connectivity index (χ3n) is 6.60. The third-order valence-corrected chi connectivity index (χ3v) is 6.60. The van der Waals surface area contributed by atoms with Gasteiger partial charge in [-0.15, -0.1) is 0 Å². The Bertz CT molecular complexity index is 1300. The van der Waals surface area contributed by atoms with Gasteiger partial charge in [0.2, 0.25) is 5.91 Å². The molecule has 176 valence electrons. The molecule has 0 radical (unpaired) electrons. The van der Waals surface area contributed by atoms with Crippen molar-refractivity contribution in [2.75, 3.05) is 4.90 Å². The van der Waals surface area contributed by atoms with E-state index in [1.165, 1.54) is 25.0 Å². The van der Waals surface area contributed by atoms with Gasteiger partial charge in [0.1, 0.15) is 11.7 Å². The molecular formula is C29H28N4O2. The van der Waals surface area contributed by atoms with Crippen LogP contribution in [0.25, 0.3) is 10.8 Å². The number of hydrogen-bond acceptors (Lipinski definition) is 4. The first-order valence-electron chi connectivity index (χ1n) is 12.1. The second-order valence-electron chi connectivity index (χ2n) is 8.92. The molecule has 2 amide bonds. The molecule has 1 unspecified atom stereocenters. The van der Waals surface area contributed by atoms with E-state index >= 15 is 0 Å². The van der Waals surface area contributed by atoms with Crippen molar-refractivity contribution in [3.8, 4) is 0 Å². The summed E-state index contributed by atoms with van der Waals surface area (Å²) >= 11 is 0. The molecule has 6 heteroatoms. The van der Waals surface area contributed by atoms with Crippen LogP contribution in [0, 0.1) is 0 Å². The van der Waals surface area contributed by atoms with Gasteiger partial charge in [-0.1, -0.05) is 86.0 Å². The number of carbonyl (C=O) groups is 2. The third kappa shape index (κ3) is 4.92. The first kappa shape index (κ1) is 22.7. The zero-order chi connectivity index (χ0) is 24.0. The van der Waals surface area contributed by atoms with E-state index in [9.17, 15) is 9.59 Å². The molecule has 1 heterocycles. The van der Waals surface area contributed by atoms with E-state index in [1.807, 2.05) is 72.8 Å². The normalized spacial score (nSPS) is 14.9. The number of amides is 2. The predicted octanol–water partition coefficient (Wildman–Crippen LogP) is 5.47. The number of nitrogens with zero attached hydrogens (tertiary/aromatic N) is 3. The van der Waals surface area contributed by atoms with Gasteiger partial charge in [0, 0.05) is 23.8 Å². The molecular weight excluding hydrogens is 436 g/mol. The molecule has 0 aliphatic heterocycles. The summed E-state index contributed by atoms with van der Waals surface area (Å²) in [6, 6.07) is 22.4. The van der Waals surface area contributed by atoms with Gasteiger partial charge < -0.3 is 5.32 Å². The molecule has 0 saturated heterocycles. The van der Waals surface area contributed by atoms with Crippen molar-refractivity contribution in [3.63, 3.8) is 0 Å². The van der Waals surface area contributed by atoms with Crippen molar-refractivity contribution >= 4 is 28.3 Å². The summed E-state index contributed by atoms with van der Waals surface area (Å²) in [6.45, 7) is 0. The summed E-state index contributed by atoms with van der Waals surface area (Å²) in [5, 5.41) is 5.13. The molecule has 1 atom stereocenters. The van der Waals surface area contributed by atoms with Crippen LogP contribution in [0.5, 0.6) is 0 Å². The quantitative estimate of drug-likeness (QED) is 0.411. The van der Waals surface area contributed by atoms with Crippen LogP contribution in [-0.4, -0.2) is 27.8 Å². The van der Waals surface area contributed by atoms with Crippen LogP contribution in [0.4, 0.5) is 5.69 Å². The molecule has 35 heavy (non-hydrogen) atoms. The molecule has 1 aromatic heterocycles. The van der Waals surface area contributed by atoms with Gasteiger partial charge in [0.25, 0.3) is 5.91 Å². The second kappa shape index (κ2) is 10.5. The fourth-order valence-corrected chi connectivity index (χ4v) is 4.90. The summed E-state index contributed by atoms with van der Waals surface area (Å²) in [4.78, 5) is 38.0. The largest absolute Gasteiger partial charge is 0.351 e. The lowest BCUT2D eigenvalue weighted by atomic mass is 9.94. The molecule has 1 N–H and O–H groups in total. The van der Waals surface area contributed by atoms with Crippen LogP contribution in [0.15, 0.2) is 91.4 Å². The van der Waals surface area contributed by atoms with E-state index in [4.69, 9.17) is 0 Å². The van der Waals surface area contributed by atoms with Crippen LogP contribution in [0.3, 0.4) is 0 Å². The molecule has 1 aliphatic rings. The lowest BCUT2D eigenvalue weighted by molar-refractivity contribution is -0.123. The summed E-state index contributed by atoms with van der Waals surface area (Å²) in [7, 11) is 0. The molecule has 1 aliphatic carbocycles. The highest BCUT2D eigenvalue weighted by Crippen LogP contribution is 2.35. The average molecular weight is 465 g/mol. The molecule has 4 aromatic rings. The highest BCUT2D eigenvalue weighted by atomic mass is 16.2. The van der Waals surface area contributed by atoms with Crippen molar-refractivity contribution < 1.29 is 9.59 Å². The van der Waals surface area contributed by atoms with Gasteiger partial charge in [-0.2, -0.15) is 0 Å². The maximum atomic E-state index is 14.0. The Morgan fingerprint density at radius 3 is 2.37 bits per heavy atom. The Hall–Kier alpha value is -4.06. The zero-order valence-electron chi connectivity index (χ0n) is 19.5. The fraction of sp³-hybridized carbons (Fsp3) is 0.241. The predicted molar refractivity (Wildman–Crippen MR) is 137 cm³/mol. The SMILES string of the molecule is O=C(NC1CCCCC1)C(c1ccccc1)N(C(=O)c1cnccn1)c1cccc2ccccc12. The summed E-state index contributed by atoms with van der Waals surface area (Å²) in [5.74, 6) is -0.560. The van der Waals surface area contributed by atoms with Crippen LogP contribution < -0.4 is 10.2 Å². The van der Waals surface area contributed by atoms with Crippen molar-refractivity contribution in [1.29, 1.82) is 0 Å². The first-order valence-corrected chi connectivity index (χ1v) is 12.1. The summed E-state index contributed by atoms with van der Waals surface area (Å²) < 4.78 is 0. The van der Waals surface area contributed by atoms with Crippen molar-refractivity contribution in [3.05, 3.63) is 103 Å². The van der Waals surface area contributed by atoms with Crippen molar-refractivity contribution in [2.45, 2.75) is 44.2 Å². The van der Waals surface area contributed by atoms with Gasteiger partial charge >= 0.3 is 0 Å². The number of aromatic nitrogens is 2. The van der Waals surface area contributed by atoms with Gasteiger partial charge in [-0.3, -0.25) is 19.5 Å². The van der Waals surface area contributed by atoms with E-state index in [1.54, 1.807) is 4.90 Å². The number of fused-ring (bicyclic) bond motifs is 1. The Morgan fingerprint density at radius 2 is 1.60 bits per heavy atom. The topological polar surface area (TPSA) is 75.2 Å². The number of rotatable bonds is 6. The highest BCUT2D eigenvalue weighted by Gasteiger charge is 2.35. The molecule has 5 rings (SSSR count). The lowest BCUT2D eigenvalue weighted by Crippen LogP contribution is -2.47. The van der Waals surface area contributed by atoms with Gasteiger partial charge in [-0.25, -0.2) is 4.98 Å². The molecule has 0 spiro atoms. The minimum Gasteiger partial charge on any atom is -0.351 e. The Morgan fingerprint density at radius 1 is 0.857 bits per heavy atom. The van der Waals surface area contributed by atoms with Crippen LogP contribution in [0.1, 0.15) is 54.2 Å². The number of anilines is 1. The maximum absolute atomic E-state index is 14.0. The van der Waals surface area contributed by atoms with Crippen LogP contribution >= 0.6 is 0 Å². The minimum absolute atomic E-state index is 0.114. The number of benzene rings is 3. The van der Waals surface area contributed by atoms with Gasteiger partial charge in [0.15, 0.2) is 0 Å². The van der Waals surface area contributed by atoms with E-state index in [0.29, 0.717) is 5.69 Å². The number of hydrogen-bond donors (Lipinski definition) is 1. The van der Waals surface area contributed by atoms with Crippen LogP contribution in [-0.2, 0) is 4.79 Å². The average Bonchev–Trinajstić information content (AvgIpc) is 2.92. The minimum atomic E-state index is -0.863. The smallest absolute Gasteiger partial charge is 0.279 e. The molecule has 1 fully saturated rings. The summed E-state index contributed by atoms with van der Waals surface area (Å²) in [5.41, 5.74) is 1.59. The number of carbonyl (C=O) groups excluding carboxylic acids is 2. The Labute approximate surface area is 205 Å². The maximum Gasteiger partial charge on any atom is 0.279 e. The molecule has 0 bridgehead atoms. The monoisotopic (exact) mass is 464 g/mol. The molecule has 1 saturated carbocycles. The van der Waals surface area contributed by atoms with E-state index in [2.05, 4.69) is 15.3 Å². The fourth-order valence-electron chi connectivity index (χ4n) is 4.90. The highest BCUT2D eigenvalue weighted by molar-refractivity contribution is 6.13. The van der Waals surface area contributed by atoms with Gasteiger partial charge in [-0.05, 0) is 29.9 Å². The summed E-state index contributed by atoms with van der Waals surface area (Å²) in [6.07, 6.45) is 9.79. The Balaban J connectivity index is 1.66. The van der Waals surface area contributed by atoms with Crippen molar-refractivity contribution in [1.82, 2.24) is 15.3 Å². The lowest BCUT2D eigenvalue weighted by Gasteiger charge is -2.34.